The van der Waals surface area contributed by atoms with E-state index in [0.717, 1.165) is 0 Å². The predicted octanol–water partition coefficient (Wildman–Crippen LogP) is 2.30. The van der Waals surface area contributed by atoms with Gasteiger partial charge >= 0.3 is 15.6 Å². The van der Waals surface area contributed by atoms with Crippen molar-refractivity contribution < 1.29 is 48.7 Å². The summed E-state index contributed by atoms with van der Waals surface area (Å²) < 4.78 is 17.8. The van der Waals surface area contributed by atoms with Crippen molar-refractivity contribution in [1.29, 1.82) is 0 Å². The summed E-state index contributed by atoms with van der Waals surface area (Å²) in [5.41, 5.74) is 6.11. The molecule has 0 aliphatic heterocycles. The molecule has 2 rings (SSSR count). The molecule has 12 heteroatoms. The number of hydrogen-bond acceptors (Lipinski definition) is 4. The summed E-state index contributed by atoms with van der Waals surface area (Å²) >= 11 is 0. The highest BCUT2D eigenvalue weighted by atomic mass is 31.2. The van der Waals surface area contributed by atoms with Crippen LogP contribution in [0.25, 0.3) is 0 Å². The third-order valence-corrected chi connectivity index (χ3v) is 3.84. The summed E-state index contributed by atoms with van der Waals surface area (Å²) in [6.45, 7) is 10.3. The van der Waals surface area contributed by atoms with Gasteiger partial charge in [0.1, 0.15) is 0 Å². The molecule has 0 aromatic heterocycles. The first-order valence-corrected chi connectivity index (χ1v) is 12.0. The molecule has 0 aliphatic rings. The minimum atomic E-state index is -4.64. The van der Waals surface area contributed by atoms with E-state index in [1.54, 1.807) is 31.2 Å². The van der Waals surface area contributed by atoms with Crippen LogP contribution in [0.5, 0.6) is 0 Å². The van der Waals surface area contributed by atoms with Crippen LogP contribution in [0.3, 0.4) is 0 Å². The molecule has 0 amide bonds. The third-order valence-electron chi connectivity index (χ3n) is 3.84. The van der Waals surface area contributed by atoms with Crippen LogP contribution in [0, 0.1) is 27.7 Å². The quantitative estimate of drug-likeness (QED) is 0.232. The Labute approximate surface area is 182 Å². The van der Waals surface area contributed by atoms with Crippen LogP contribution in [-0.4, -0.2) is 39.6 Å². The van der Waals surface area contributed by atoms with Gasteiger partial charge in [-0.1, -0.05) is 49.4 Å². The monoisotopic (exact) mass is 482 g/mol. The fourth-order valence-corrected chi connectivity index (χ4v) is 2.01. The highest BCUT2D eigenvalue weighted by molar-refractivity contribution is 7.45. The van der Waals surface area contributed by atoms with Gasteiger partial charge in [0.05, 0.1) is 0 Å². The van der Waals surface area contributed by atoms with Crippen LogP contribution in [0.2, 0.25) is 0 Å². The van der Waals surface area contributed by atoms with Crippen molar-refractivity contribution in [3.63, 3.8) is 0 Å². The lowest BCUT2D eigenvalue weighted by atomic mass is 10.0. The zero-order valence-electron chi connectivity index (χ0n) is 18.0. The molecular weight excluding hydrogens is 450 g/mol. The molecule has 2 aromatic carbocycles. The Kier molecular flexibility index (Phi) is 14.2. The Morgan fingerprint density at radius 2 is 0.935 bits per heavy atom. The van der Waals surface area contributed by atoms with Crippen LogP contribution >= 0.6 is 15.6 Å². The van der Waals surface area contributed by atoms with Gasteiger partial charge in [-0.15, -0.1) is 0 Å². The van der Waals surface area contributed by atoms with E-state index in [1.165, 1.54) is 22.3 Å². The zero-order chi connectivity index (χ0) is 25.0. The minimum absolute atomic E-state index is 0.303. The second-order valence-electron chi connectivity index (χ2n) is 6.58. The molecule has 0 unspecified atom stereocenters. The smallest absolute Gasteiger partial charge is 0.362 e. The van der Waals surface area contributed by atoms with Crippen LogP contribution in [-0.2, 0) is 14.9 Å². The number of phosphoric acid groups is 2. The second-order valence-corrected chi connectivity index (χ2v) is 8.64. The predicted molar refractivity (Wildman–Crippen MR) is 117 cm³/mol. The molecule has 0 saturated carbocycles. The van der Waals surface area contributed by atoms with Gasteiger partial charge in [0.2, 0.25) is 0 Å². The van der Waals surface area contributed by atoms with Crippen LogP contribution in [0.15, 0.2) is 42.5 Å². The summed E-state index contributed by atoms with van der Waals surface area (Å²) in [4.78, 5) is 43.1. The highest BCUT2D eigenvalue weighted by Gasteiger charge is 2.21. The Balaban J connectivity index is 0. The number of aryl methyl sites for hydroxylation is 4. The van der Waals surface area contributed by atoms with E-state index in [-0.39, 0.29) is 0 Å². The number of benzene rings is 2. The SMILES string of the molecule is CCC(O)(O)c1ccccc1.Cc1cc(C)c(C)cc1C.O=P(O)(O)O.O=P(O)(O)O. The first-order valence-electron chi connectivity index (χ1n) is 8.89. The summed E-state index contributed by atoms with van der Waals surface area (Å²) in [6.07, 6.45) is 0.303. The van der Waals surface area contributed by atoms with Crippen LogP contribution < -0.4 is 0 Å². The first kappa shape index (κ1) is 31.8. The maximum Gasteiger partial charge on any atom is 0.466 e. The lowest BCUT2D eigenvalue weighted by Gasteiger charge is -2.19. The number of aliphatic hydroxyl groups is 2. The summed E-state index contributed by atoms with van der Waals surface area (Å²) in [6, 6.07) is 13.3. The van der Waals surface area contributed by atoms with Gasteiger partial charge in [-0.25, -0.2) is 9.13 Å². The summed E-state index contributed by atoms with van der Waals surface area (Å²) in [5.74, 6) is -1.67. The van der Waals surface area contributed by atoms with Gasteiger partial charge in [0.15, 0.2) is 5.79 Å². The molecule has 31 heavy (non-hydrogen) atoms. The molecule has 0 spiro atoms. The summed E-state index contributed by atoms with van der Waals surface area (Å²) in [5, 5.41) is 18.7. The molecule has 10 nitrogen and oxygen atoms in total. The van der Waals surface area contributed by atoms with Crippen molar-refractivity contribution in [3.05, 3.63) is 70.3 Å². The van der Waals surface area contributed by atoms with Crippen LogP contribution in [0.4, 0.5) is 0 Å². The summed E-state index contributed by atoms with van der Waals surface area (Å²) in [7, 11) is -9.28. The average Bonchev–Trinajstić information content (AvgIpc) is 2.59. The molecule has 0 radical (unpaired) electrons. The maximum atomic E-state index is 9.35. The molecule has 0 aliphatic carbocycles. The van der Waals surface area contributed by atoms with E-state index in [9.17, 15) is 10.2 Å². The maximum absolute atomic E-state index is 9.35. The molecule has 0 heterocycles. The van der Waals surface area contributed by atoms with E-state index < -0.39 is 21.4 Å². The molecule has 178 valence electrons. The lowest BCUT2D eigenvalue weighted by molar-refractivity contribution is -0.171. The third kappa shape index (κ3) is 20.2. The normalized spacial score (nSPS) is 11.1. The Morgan fingerprint density at radius 1 is 0.677 bits per heavy atom. The standard InChI is InChI=1S/C10H14.C9H12O2.2H3O4P/c1-7-5-9(3)10(4)6-8(7)2;1-2-9(10,11)8-6-4-3-5-7-8;2*1-5(2,3)4/h5-6H,1-4H3;3-7,10-11H,2H2,1H3;2*(H3,1,2,3,4). The van der Waals surface area contributed by atoms with Gasteiger partial charge in [-0.2, -0.15) is 0 Å². The van der Waals surface area contributed by atoms with Crippen molar-refractivity contribution in [2.75, 3.05) is 0 Å². The minimum Gasteiger partial charge on any atom is -0.362 e. The van der Waals surface area contributed by atoms with E-state index >= 15 is 0 Å². The van der Waals surface area contributed by atoms with E-state index in [2.05, 4.69) is 39.8 Å². The van der Waals surface area contributed by atoms with E-state index in [4.69, 9.17) is 38.5 Å². The second kappa shape index (κ2) is 13.9. The number of rotatable bonds is 2. The van der Waals surface area contributed by atoms with E-state index in [1.807, 2.05) is 6.07 Å². The van der Waals surface area contributed by atoms with Crippen LogP contribution in [0.1, 0.15) is 41.2 Å². The molecular formula is C19H32O10P2. The average molecular weight is 482 g/mol. The highest BCUT2D eigenvalue weighted by Crippen LogP contribution is 2.26. The fourth-order valence-electron chi connectivity index (χ4n) is 2.01. The largest absolute Gasteiger partial charge is 0.466 e. The first-order chi connectivity index (χ1) is 13.8. The van der Waals surface area contributed by atoms with Crippen molar-refractivity contribution in [2.45, 2.75) is 46.8 Å². The molecule has 0 atom stereocenters. The lowest BCUT2D eigenvalue weighted by Crippen LogP contribution is -2.23. The topological polar surface area (TPSA) is 196 Å². The Morgan fingerprint density at radius 3 is 1.16 bits per heavy atom. The zero-order valence-corrected chi connectivity index (χ0v) is 19.8. The van der Waals surface area contributed by atoms with Crippen molar-refractivity contribution in [2.24, 2.45) is 0 Å². The number of hydrogen-bond donors (Lipinski definition) is 8. The van der Waals surface area contributed by atoms with E-state index in [0.29, 0.717) is 12.0 Å². The fraction of sp³-hybridized carbons (Fsp3) is 0.368. The Hall–Kier alpha value is -1.42. The van der Waals surface area contributed by atoms with Crippen molar-refractivity contribution in [1.82, 2.24) is 0 Å². The molecule has 0 saturated heterocycles. The van der Waals surface area contributed by atoms with Gasteiger partial charge in [0.25, 0.3) is 0 Å². The molecule has 8 N–H and O–H groups in total. The molecule has 2 aromatic rings. The van der Waals surface area contributed by atoms with Crippen molar-refractivity contribution in [3.8, 4) is 0 Å². The van der Waals surface area contributed by atoms with Gasteiger partial charge < -0.3 is 39.6 Å². The van der Waals surface area contributed by atoms with Gasteiger partial charge in [-0.3, -0.25) is 0 Å². The van der Waals surface area contributed by atoms with Gasteiger partial charge in [-0.05, 0) is 49.9 Å². The Bertz CT molecular complexity index is 786. The van der Waals surface area contributed by atoms with Crippen molar-refractivity contribution >= 4 is 15.6 Å². The molecule has 0 bridgehead atoms. The van der Waals surface area contributed by atoms with Gasteiger partial charge in [0, 0.05) is 12.0 Å². The molecule has 0 fully saturated rings.